The number of anilines is 3. The maximum Gasteiger partial charge on any atom is 0.227 e. The van der Waals surface area contributed by atoms with E-state index in [1.54, 1.807) is 6.20 Å². The zero-order chi connectivity index (χ0) is 22.6. The number of morpholine rings is 1. The minimum absolute atomic E-state index is 0.366. The van der Waals surface area contributed by atoms with Crippen LogP contribution in [-0.2, 0) is 4.74 Å². The average molecular weight is 440 g/mol. The van der Waals surface area contributed by atoms with Crippen molar-refractivity contribution < 1.29 is 4.74 Å². The summed E-state index contributed by atoms with van der Waals surface area (Å²) in [6, 6.07) is 16.9. The predicted molar refractivity (Wildman–Crippen MR) is 135 cm³/mol. The lowest BCUT2D eigenvalue weighted by molar-refractivity contribution is 0.122. The molecule has 1 unspecified atom stereocenters. The predicted octanol–water partition coefficient (Wildman–Crippen LogP) is 5.88. The number of rotatable bonds is 6. The highest BCUT2D eigenvalue weighted by atomic mass is 16.5. The third kappa shape index (κ3) is 4.61. The zero-order valence-electron chi connectivity index (χ0n) is 19.1. The van der Waals surface area contributed by atoms with E-state index in [1.165, 1.54) is 16.6 Å². The van der Waals surface area contributed by atoms with E-state index < -0.39 is 0 Å². The first kappa shape index (κ1) is 21.2. The summed E-state index contributed by atoms with van der Waals surface area (Å²) in [5.74, 6) is 0.949. The van der Waals surface area contributed by atoms with Crippen LogP contribution in [0, 0.1) is 0 Å². The molecule has 1 atom stereocenters. The largest absolute Gasteiger partial charge is 0.378 e. The number of hydrogen-bond acceptors (Lipinski definition) is 5. The zero-order valence-corrected chi connectivity index (χ0v) is 19.1. The van der Waals surface area contributed by atoms with Crippen LogP contribution in [0.1, 0.15) is 25.3 Å². The molecule has 6 nitrogen and oxygen atoms in total. The molecule has 1 aliphatic heterocycles. The van der Waals surface area contributed by atoms with Gasteiger partial charge in [0.15, 0.2) is 0 Å². The van der Waals surface area contributed by atoms with E-state index in [1.807, 2.05) is 12.3 Å². The molecular weight excluding hydrogens is 410 g/mol. The molecule has 1 saturated heterocycles. The molecule has 3 heterocycles. The lowest BCUT2D eigenvalue weighted by Crippen LogP contribution is -2.36. The highest BCUT2D eigenvalue weighted by Gasteiger charge is 2.13. The number of allylic oxidation sites excluding steroid dienone is 2. The molecule has 33 heavy (non-hydrogen) atoms. The van der Waals surface area contributed by atoms with Crippen molar-refractivity contribution in [3.8, 4) is 11.3 Å². The summed E-state index contributed by atoms with van der Waals surface area (Å²) in [4.78, 5) is 15.0. The van der Waals surface area contributed by atoms with E-state index in [0.29, 0.717) is 11.9 Å². The highest BCUT2D eigenvalue weighted by molar-refractivity contribution is 5.95. The lowest BCUT2D eigenvalue weighted by atomic mass is 9.98. The second kappa shape index (κ2) is 9.46. The minimum Gasteiger partial charge on any atom is -0.378 e. The van der Waals surface area contributed by atoms with Gasteiger partial charge in [0.2, 0.25) is 5.95 Å². The van der Waals surface area contributed by atoms with Crippen LogP contribution in [0.4, 0.5) is 17.3 Å². The molecular formula is C27H29N5O. The number of aromatic nitrogens is 3. The summed E-state index contributed by atoms with van der Waals surface area (Å²) < 4.78 is 5.45. The second-order valence-electron chi connectivity index (χ2n) is 8.36. The number of aromatic amines is 1. The summed E-state index contributed by atoms with van der Waals surface area (Å²) in [6.07, 6.45) is 8.14. The standard InChI is InChI=1S/C27H29N5O/c1-3-4-19(2)20-5-10-25-23(17-20)24(18-29-25)26-11-12-28-27(31-26)30-21-6-8-22(9-7-21)32-13-15-33-16-14-32/h3-12,17-19,29H,13-16H2,1-2H3,(H,28,30,31)/b4-3-. The van der Waals surface area contributed by atoms with Gasteiger partial charge in [0.05, 0.1) is 18.9 Å². The number of nitrogens with one attached hydrogen (secondary N) is 2. The van der Waals surface area contributed by atoms with Gasteiger partial charge >= 0.3 is 0 Å². The molecule has 2 aromatic heterocycles. The van der Waals surface area contributed by atoms with E-state index in [4.69, 9.17) is 9.72 Å². The van der Waals surface area contributed by atoms with E-state index in [2.05, 4.69) is 88.6 Å². The van der Waals surface area contributed by atoms with Crippen LogP contribution in [0.15, 0.2) is 73.1 Å². The summed E-state index contributed by atoms with van der Waals surface area (Å²) in [6.45, 7) is 7.69. The first-order valence-corrected chi connectivity index (χ1v) is 11.5. The van der Waals surface area contributed by atoms with Crippen molar-refractivity contribution in [2.75, 3.05) is 36.5 Å². The fourth-order valence-corrected chi connectivity index (χ4v) is 4.31. The van der Waals surface area contributed by atoms with E-state index >= 15 is 0 Å². The van der Waals surface area contributed by atoms with Crippen molar-refractivity contribution in [1.82, 2.24) is 15.0 Å². The van der Waals surface area contributed by atoms with Crippen molar-refractivity contribution in [3.63, 3.8) is 0 Å². The molecule has 0 radical (unpaired) electrons. The third-order valence-corrected chi connectivity index (χ3v) is 6.14. The van der Waals surface area contributed by atoms with Gasteiger partial charge in [-0.05, 0) is 60.9 Å². The van der Waals surface area contributed by atoms with Crippen LogP contribution in [-0.4, -0.2) is 41.3 Å². The first-order valence-electron chi connectivity index (χ1n) is 11.5. The second-order valence-corrected chi connectivity index (χ2v) is 8.36. The molecule has 1 aliphatic rings. The van der Waals surface area contributed by atoms with Crippen LogP contribution < -0.4 is 10.2 Å². The maximum atomic E-state index is 5.45. The Kier molecular flexibility index (Phi) is 6.09. The Morgan fingerprint density at radius 3 is 2.70 bits per heavy atom. The molecule has 0 amide bonds. The van der Waals surface area contributed by atoms with Crippen molar-refractivity contribution >= 4 is 28.2 Å². The number of benzene rings is 2. The van der Waals surface area contributed by atoms with Gasteiger partial charge in [-0.1, -0.05) is 25.1 Å². The highest BCUT2D eigenvalue weighted by Crippen LogP contribution is 2.31. The van der Waals surface area contributed by atoms with Gasteiger partial charge in [0.25, 0.3) is 0 Å². The summed E-state index contributed by atoms with van der Waals surface area (Å²) >= 11 is 0. The topological polar surface area (TPSA) is 66.1 Å². The number of H-pyrrole nitrogens is 1. The van der Waals surface area contributed by atoms with Crippen LogP contribution >= 0.6 is 0 Å². The molecule has 0 aliphatic carbocycles. The molecule has 1 fully saturated rings. The van der Waals surface area contributed by atoms with Crippen molar-refractivity contribution in [1.29, 1.82) is 0 Å². The molecule has 4 aromatic rings. The minimum atomic E-state index is 0.366. The molecule has 2 aromatic carbocycles. The smallest absolute Gasteiger partial charge is 0.227 e. The molecule has 0 bridgehead atoms. The fourth-order valence-electron chi connectivity index (χ4n) is 4.31. The van der Waals surface area contributed by atoms with Gasteiger partial charge in [0, 0.05) is 53.3 Å². The fraction of sp³-hybridized carbons (Fsp3) is 0.259. The van der Waals surface area contributed by atoms with E-state index in [0.717, 1.165) is 48.8 Å². The number of ether oxygens (including phenoxy) is 1. The van der Waals surface area contributed by atoms with Crippen LogP contribution in [0.25, 0.3) is 22.2 Å². The summed E-state index contributed by atoms with van der Waals surface area (Å²) in [7, 11) is 0. The Balaban J connectivity index is 1.38. The Bertz CT molecular complexity index is 1260. The molecule has 168 valence electrons. The molecule has 0 saturated carbocycles. The monoisotopic (exact) mass is 439 g/mol. The van der Waals surface area contributed by atoms with Crippen molar-refractivity contribution in [2.24, 2.45) is 0 Å². The van der Waals surface area contributed by atoms with Crippen LogP contribution in [0.3, 0.4) is 0 Å². The van der Waals surface area contributed by atoms with Gasteiger partial charge in [0.1, 0.15) is 0 Å². The van der Waals surface area contributed by atoms with Crippen LogP contribution in [0.2, 0.25) is 0 Å². The average Bonchev–Trinajstić information content (AvgIpc) is 3.29. The van der Waals surface area contributed by atoms with Gasteiger partial charge < -0.3 is 19.9 Å². The van der Waals surface area contributed by atoms with Crippen molar-refractivity contribution in [3.05, 3.63) is 78.6 Å². The first-order chi connectivity index (χ1) is 16.2. The summed E-state index contributed by atoms with van der Waals surface area (Å²) in [5.41, 5.74) is 6.53. The Hall–Kier alpha value is -3.64. The third-order valence-electron chi connectivity index (χ3n) is 6.14. The lowest BCUT2D eigenvalue weighted by Gasteiger charge is -2.28. The SMILES string of the molecule is C/C=C\C(C)c1ccc2[nH]cc(-c3ccnc(Nc4ccc(N5CCOCC5)cc4)n3)c2c1. The van der Waals surface area contributed by atoms with Gasteiger partial charge in [-0.25, -0.2) is 9.97 Å². The molecule has 6 heteroatoms. The Morgan fingerprint density at radius 1 is 1.09 bits per heavy atom. The van der Waals surface area contributed by atoms with Crippen molar-refractivity contribution in [2.45, 2.75) is 19.8 Å². The number of hydrogen-bond donors (Lipinski definition) is 2. The Labute approximate surface area is 194 Å². The summed E-state index contributed by atoms with van der Waals surface area (Å²) in [5, 5.41) is 4.52. The molecule has 2 N–H and O–H groups in total. The quantitative estimate of drug-likeness (QED) is 0.367. The van der Waals surface area contributed by atoms with Gasteiger partial charge in [-0.15, -0.1) is 0 Å². The van der Waals surface area contributed by atoms with Gasteiger partial charge in [-0.3, -0.25) is 0 Å². The van der Waals surface area contributed by atoms with Crippen LogP contribution in [0.5, 0.6) is 0 Å². The Morgan fingerprint density at radius 2 is 1.91 bits per heavy atom. The normalized spacial score (nSPS) is 15.3. The molecule has 0 spiro atoms. The maximum absolute atomic E-state index is 5.45. The number of nitrogens with zero attached hydrogens (tertiary/aromatic N) is 3. The molecule has 5 rings (SSSR count). The van der Waals surface area contributed by atoms with E-state index in [-0.39, 0.29) is 0 Å². The van der Waals surface area contributed by atoms with E-state index in [9.17, 15) is 0 Å². The number of fused-ring (bicyclic) bond motifs is 1. The van der Waals surface area contributed by atoms with Gasteiger partial charge in [-0.2, -0.15) is 0 Å².